The van der Waals surface area contributed by atoms with Gasteiger partial charge in [-0.3, -0.25) is 0 Å². The lowest BCUT2D eigenvalue weighted by molar-refractivity contribution is 0.0467. The summed E-state index contributed by atoms with van der Waals surface area (Å²) in [6, 6.07) is 8.20. The maximum absolute atomic E-state index is 5.70. The summed E-state index contributed by atoms with van der Waals surface area (Å²) >= 11 is 3.40. The Hall–Kier alpha value is -0.380. The summed E-state index contributed by atoms with van der Waals surface area (Å²) in [5, 5.41) is 0. The van der Waals surface area contributed by atoms with E-state index in [9.17, 15) is 0 Å². The second kappa shape index (κ2) is 6.99. The molecule has 1 aromatic rings. The van der Waals surface area contributed by atoms with Gasteiger partial charge in [0, 0.05) is 4.47 Å². The van der Waals surface area contributed by atoms with Crippen LogP contribution in [0, 0.1) is 0 Å². The molecule has 3 heteroatoms. The molecule has 1 unspecified atom stereocenters. The fourth-order valence-corrected chi connectivity index (χ4v) is 1.57. The molecule has 84 valence electrons. The van der Waals surface area contributed by atoms with Crippen molar-refractivity contribution in [3.05, 3.63) is 34.3 Å². The molecule has 0 saturated heterocycles. The van der Waals surface area contributed by atoms with Crippen molar-refractivity contribution in [2.75, 3.05) is 6.54 Å². The monoisotopic (exact) mass is 271 g/mol. The molecule has 0 aliphatic heterocycles. The summed E-state index contributed by atoms with van der Waals surface area (Å²) in [7, 11) is 0. The molecular formula is C12H18BrNO. The third-order valence-corrected chi connectivity index (χ3v) is 2.79. The van der Waals surface area contributed by atoms with Crippen molar-refractivity contribution in [3.8, 4) is 0 Å². The zero-order valence-corrected chi connectivity index (χ0v) is 10.7. The van der Waals surface area contributed by atoms with Crippen LogP contribution in [0.1, 0.15) is 25.3 Å². The molecule has 0 aromatic heterocycles. The zero-order chi connectivity index (χ0) is 11.1. The maximum Gasteiger partial charge on any atom is 0.0720 e. The molecule has 1 aromatic carbocycles. The summed E-state index contributed by atoms with van der Waals surface area (Å²) in [5.41, 5.74) is 6.65. The van der Waals surface area contributed by atoms with Gasteiger partial charge in [0.15, 0.2) is 0 Å². The number of benzene rings is 1. The molecule has 0 bridgehead atoms. The first-order valence-corrected chi connectivity index (χ1v) is 6.08. The zero-order valence-electron chi connectivity index (χ0n) is 9.08. The highest BCUT2D eigenvalue weighted by molar-refractivity contribution is 9.10. The molecule has 15 heavy (non-hydrogen) atoms. The van der Waals surface area contributed by atoms with E-state index in [4.69, 9.17) is 10.5 Å². The average Bonchev–Trinajstić information content (AvgIpc) is 2.25. The number of ether oxygens (including phenoxy) is 1. The Morgan fingerprint density at radius 1 is 1.33 bits per heavy atom. The van der Waals surface area contributed by atoms with Crippen LogP contribution in [0.3, 0.4) is 0 Å². The third kappa shape index (κ3) is 5.30. The van der Waals surface area contributed by atoms with E-state index in [1.54, 1.807) is 0 Å². The van der Waals surface area contributed by atoms with Crippen molar-refractivity contribution >= 4 is 15.9 Å². The molecule has 1 atom stereocenters. The van der Waals surface area contributed by atoms with E-state index >= 15 is 0 Å². The fourth-order valence-electron chi connectivity index (χ4n) is 1.31. The minimum absolute atomic E-state index is 0.289. The Morgan fingerprint density at radius 3 is 2.60 bits per heavy atom. The van der Waals surface area contributed by atoms with E-state index in [1.165, 1.54) is 5.56 Å². The molecule has 0 aliphatic carbocycles. The Bertz CT molecular complexity index is 273. The van der Waals surface area contributed by atoms with E-state index in [2.05, 4.69) is 35.0 Å². The van der Waals surface area contributed by atoms with Gasteiger partial charge >= 0.3 is 0 Å². The summed E-state index contributed by atoms with van der Waals surface area (Å²) < 4.78 is 6.80. The number of nitrogens with two attached hydrogens (primary N) is 1. The van der Waals surface area contributed by atoms with E-state index in [0.29, 0.717) is 6.61 Å². The van der Waals surface area contributed by atoms with Gasteiger partial charge in [-0.1, -0.05) is 28.1 Å². The second-order valence-electron chi connectivity index (χ2n) is 3.68. The molecule has 0 spiro atoms. The standard InChI is InChI=1S/C12H18BrNO/c1-10(3-2-8-14)15-9-11-4-6-12(13)7-5-11/h4-7,10H,2-3,8-9,14H2,1H3. The Balaban J connectivity index is 2.27. The van der Waals surface area contributed by atoms with Gasteiger partial charge in [0.2, 0.25) is 0 Å². The predicted molar refractivity (Wildman–Crippen MR) is 66.7 cm³/mol. The largest absolute Gasteiger partial charge is 0.374 e. The predicted octanol–water partition coefficient (Wildman–Crippen LogP) is 3.09. The van der Waals surface area contributed by atoms with Crippen LogP contribution >= 0.6 is 15.9 Å². The molecule has 0 amide bonds. The highest BCUT2D eigenvalue weighted by atomic mass is 79.9. The van der Waals surface area contributed by atoms with Crippen LogP contribution in [0.4, 0.5) is 0 Å². The van der Waals surface area contributed by atoms with Crippen LogP contribution in [0.2, 0.25) is 0 Å². The van der Waals surface area contributed by atoms with Gasteiger partial charge in [-0.2, -0.15) is 0 Å². The van der Waals surface area contributed by atoms with E-state index in [-0.39, 0.29) is 6.10 Å². The molecule has 2 N–H and O–H groups in total. The summed E-state index contributed by atoms with van der Waals surface area (Å²) in [4.78, 5) is 0. The SMILES string of the molecule is CC(CCCN)OCc1ccc(Br)cc1. The normalized spacial score (nSPS) is 12.7. The topological polar surface area (TPSA) is 35.2 Å². The van der Waals surface area contributed by atoms with Gasteiger partial charge in [0.1, 0.15) is 0 Å². The molecule has 0 heterocycles. The van der Waals surface area contributed by atoms with Crippen LogP contribution in [0.15, 0.2) is 28.7 Å². The van der Waals surface area contributed by atoms with Crippen molar-refractivity contribution in [3.63, 3.8) is 0 Å². The average molecular weight is 272 g/mol. The maximum atomic E-state index is 5.70. The molecular weight excluding hydrogens is 254 g/mol. The van der Waals surface area contributed by atoms with E-state index < -0.39 is 0 Å². The van der Waals surface area contributed by atoms with Crippen molar-refractivity contribution in [2.45, 2.75) is 32.5 Å². The van der Waals surface area contributed by atoms with Crippen molar-refractivity contribution in [2.24, 2.45) is 5.73 Å². The minimum Gasteiger partial charge on any atom is -0.374 e. The summed E-state index contributed by atoms with van der Waals surface area (Å²) in [6.07, 6.45) is 2.35. The lowest BCUT2D eigenvalue weighted by atomic mass is 10.2. The van der Waals surface area contributed by atoms with Crippen molar-refractivity contribution in [1.82, 2.24) is 0 Å². The molecule has 1 rings (SSSR count). The van der Waals surface area contributed by atoms with Gasteiger partial charge in [0.25, 0.3) is 0 Å². The third-order valence-electron chi connectivity index (χ3n) is 2.26. The summed E-state index contributed by atoms with van der Waals surface area (Å²) in [5.74, 6) is 0. The quantitative estimate of drug-likeness (QED) is 0.863. The molecule has 2 nitrogen and oxygen atoms in total. The molecule has 0 fully saturated rings. The molecule has 0 radical (unpaired) electrons. The Morgan fingerprint density at radius 2 is 2.00 bits per heavy atom. The van der Waals surface area contributed by atoms with Crippen LogP contribution in [-0.4, -0.2) is 12.6 Å². The van der Waals surface area contributed by atoms with Gasteiger partial charge in [-0.25, -0.2) is 0 Å². The van der Waals surface area contributed by atoms with Crippen LogP contribution in [-0.2, 0) is 11.3 Å². The molecule has 0 saturated carbocycles. The van der Waals surface area contributed by atoms with Crippen LogP contribution in [0.25, 0.3) is 0 Å². The summed E-state index contributed by atoms with van der Waals surface area (Å²) in [6.45, 7) is 3.51. The number of hydrogen-bond donors (Lipinski definition) is 1. The van der Waals surface area contributed by atoms with Gasteiger partial charge in [-0.05, 0) is 44.0 Å². The first-order chi connectivity index (χ1) is 7.22. The Kier molecular flexibility index (Phi) is 5.91. The number of halogens is 1. The number of rotatable bonds is 6. The van der Waals surface area contributed by atoms with Gasteiger partial charge < -0.3 is 10.5 Å². The highest BCUT2D eigenvalue weighted by Crippen LogP contribution is 2.12. The minimum atomic E-state index is 0.289. The van der Waals surface area contributed by atoms with Crippen LogP contribution in [0.5, 0.6) is 0 Å². The Labute approximate surface area is 99.9 Å². The molecule has 0 aliphatic rings. The van der Waals surface area contributed by atoms with Crippen molar-refractivity contribution < 1.29 is 4.74 Å². The van der Waals surface area contributed by atoms with Gasteiger partial charge in [-0.15, -0.1) is 0 Å². The van der Waals surface area contributed by atoms with Crippen molar-refractivity contribution in [1.29, 1.82) is 0 Å². The van der Waals surface area contributed by atoms with E-state index in [0.717, 1.165) is 23.9 Å². The fraction of sp³-hybridized carbons (Fsp3) is 0.500. The second-order valence-corrected chi connectivity index (χ2v) is 4.59. The van der Waals surface area contributed by atoms with Gasteiger partial charge in [0.05, 0.1) is 12.7 Å². The highest BCUT2D eigenvalue weighted by Gasteiger charge is 2.01. The van der Waals surface area contributed by atoms with Crippen LogP contribution < -0.4 is 5.73 Å². The smallest absolute Gasteiger partial charge is 0.0720 e. The first-order valence-electron chi connectivity index (χ1n) is 5.28. The van der Waals surface area contributed by atoms with E-state index in [1.807, 2.05) is 12.1 Å². The first kappa shape index (κ1) is 12.7. The number of hydrogen-bond acceptors (Lipinski definition) is 2. The lowest BCUT2D eigenvalue weighted by Crippen LogP contribution is -2.10. The lowest BCUT2D eigenvalue weighted by Gasteiger charge is -2.12.